The number of rotatable bonds is 27. The van der Waals surface area contributed by atoms with Gasteiger partial charge in [-0.15, -0.1) is 0 Å². The first-order valence-electron chi connectivity index (χ1n) is 42.5. The van der Waals surface area contributed by atoms with Gasteiger partial charge >= 0.3 is 5.97 Å². The van der Waals surface area contributed by atoms with Gasteiger partial charge in [-0.05, 0) is 148 Å². The van der Waals surface area contributed by atoms with E-state index in [-0.39, 0.29) is 59.2 Å². The van der Waals surface area contributed by atoms with E-state index < -0.39 is 261 Å². The predicted octanol–water partition coefficient (Wildman–Crippen LogP) is 5.30. The molecule has 37 nitrogen and oxygen atoms in total. The molecule has 8 aliphatic heterocycles. The third kappa shape index (κ3) is 22.4. The maximum Gasteiger partial charge on any atom is 0.330 e. The third-order valence-electron chi connectivity index (χ3n) is 23.7. The fourth-order valence-corrected chi connectivity index (χ4v) is 17.1. The molecular weight excluding hydrogens is 1710 g/mol. The summed E-state index contributed by atoms with van der Waals surface area (Å²) >= 11 is 14.7. The highest BCUT2D eigenvalue weighted by Crippen LogP contribution is 2.51. The van der Waals surface area contributed by atoms with E-state index in [1.165, 1.54) is 76.9 Å². The number of carboxylic acid groups (broad SMARTS) is 1. The number of aliphatic hydroxyl groups excluding tert-OH is 6. The van der Waals surface area contributed by atoms with Crippen molar-refractivity contribution in [3.63, 3.8) is 0 Å². The molecule has 3 saturated heterocycles. The molecule has 7 amide bonds. The number of carbonyl (C=O) groups excluding carboxylic acids is 7. The molecule has 8 aliphatic rings. The van der Waals surface area contributed by atoms with Crippen molar-refractivity contribution in [3.8, 4) is 62.9 Å². The Hall–Kier alpha value is -10.3. The van der Waals surface area contributed by atoms with Gasteiger partial charge in [0.05, 0.1) is 60.1 Å². The van der Waals surface area contributed by atoms with E-state index in [4.69, 9.17) is 77.3 Å². The van der Waals surface area contributed by atoms with Gasteiger partial charge in [-0.1, -0.05) is 113 Å². The number of benzene rings is 6. The highest BCUT2D eigenvalue weighted by molar-refractivity contribution is 6.32. The number of likely N-dealkylation sites (N-methyl/N-ethyl adjacent to an activating group) is 1. The van der Waals surface area contributed by atoms with Crippen molar-refractivity contribution < 1.29 is 132 Å². The lowest BCUT2D eigenvalue weighted by atomic mass is 9.84. The lowest BCUT2D eigenvalue weighted by Crippen LogP contribution is -2.65. The van der Waals surface area contributed by atoms with E-state index in [0.29, 0.717) is 12.4 Å². The molecule has 694 valence electrons. The number of carboxylic acids is 1. The number of aliphatic carboxylic acids is 1. The summed E-state index contributed by atoms with van der Waals surface area (Å²) in [5.74, 6) is -15.4. The van der Waals surface area contributed by atoms with Gasteiger partial charge in [0, 0.05) is 53.2 Å². The largest absolute Gasteiger partial charge is 0.508 e. The predicted molar refractivity (Wildman–Crippen MR) is 458 cm³/mol. The number of amides is 7. The molecule has 22 N–H and O–H groups in total. The first kappa shape index (κ1) is 96.8. The molecule has 14 rings (SSSR count). The van der Waals surface area contributed by atoms with Crippen LogP contribution in [0.3, 0.4) is 0 Å². The van der Waals surface area contributed by atoms with Crippen LogP contribution in [0.4, 0.5) is 0 Å². The maximum absolute atomic E-state index is 16.6. The highest BCUT2D eigenvalue weighted by atomic mass is 35.5. The van der Waals surface area contributed by atoms with E-state index in [9.17, 15) is 65.4 Å². The Morgan fingerprint density at radius 2 is 1.26 bits per heavy atom. The number of ether oxygens (including phenoxy) is 9. The van der Waals surface area contributed by atoms with Gasteiger partial charge in [-0.3, -0.25) is 33.6 Å². The second-order valence-electron chi connectivity index (χ2n) is 34.1. The fraction of sp³-hybridized carbons (Fsp3) is 0.506. The molecule has 3 fully saturated rings. The summed E-state index contributed by atoms with van der Waals surface area (Å²) in [5.41, 5.74) is 7.84. The monoisotopic (exact) mass is 1820 g/mol. The molecule has 6 aromatic carbocycles. The average molecular weight is 1820 g/mol. The lowest BCUT2D eigenvalue weighted by Gasteiger charge is -2.48. The Bertz CT molecular complexity index is 5040. The Balaban J connectivity index is 1.04. The maximum atomic E-state index is 16.6. The molecule has 1 unspecified atom stereocenters. The smallest absolute Gasteiger partial charge is 0.330 e. The van der Waals surface area contributed by atoms with Crippen LogP contribution in [0.25, 0.3) is 11.1 Å². The molecular formula is C89H112Cl2N10O27. The van der Waals surface area contributed by atoms with Crippen LogP contribution in [-0.2, 0) is 68.6 Å². The number of unbranched alkanes of at least 4 members (excludes halogenated alkanes) is 6. The molecule has 0 spiro atoms. The number of nitrogens with two attached hydrogens (primary N) is 2. The molecule has 22 atom stereocenters. The van der Waals surface area contributed by atoms with Crippen LogP contribution in [-0.4, -0.2) is 222 Å². The molecule has 0 saturated carbocycles. The molecule has 0 radical (unpaired) electrons. The first-order valence-corrected chi connectivity index (χ1v) is 43.3. The number of halogens is 2. The number of nitrogens with one attached hydrogen (secondary N) is 8. The van der Waals surface area contributed by atoms with Crippen molar-refractivity contribution >= 4 is 70.5 Å². The zero-order chi connectivity index (χ0) is 92.7. The van der Waals surface area contributed by atoms with E-state index in [0.717, 1.165) is 73.4 Å². The SMILES string of the molecule is CCCCCCCCCOc1ccc(CN[C@@]2(C)C[C@H](O[C@H]3[C@H](Oc4c5cc6cc4Oc4ccc(cc4Cl)[C@@H](O[C@H]4C[C@](C)(N)[C@@H](O)[C@H](C)O4)[C@@H]4NC(=O)[C@H](NC(=O)[C@@H]6NC(=O)[C@H](CC(N)=O)NC(=O)[C@H](NC(=O)[C@@H](CC(C)C)NC)[C@H](O)c6ccc(c(Cl)c6)O5)c5ccc(O)c(c5)-c5c(O)cc(O)cc5C(C(=O)O)NC4=O)O[C@H](CO)[C@@H](O)[C@@H]3O)O[C@@H](C)[C@@H]2O)cc1. The molecule has 0 aliphatic carbocycles. The number of phenolic OH excluding ortho intramolecular Hbond substituents is 3. The minimum Gasteiger partial charge on any atom is -0.508 e. The zero-order valence-electron chi connectivity index (χ0n) is 71.7. The summed E-state index contributed by atoms with van der Waals surface area (Å²) in [4.78, 5) is 121. The number of fused-ring (bicyclic) bond motifs is 15. The number of phenols is 3. The Morgan fingerprint density at radius 1 is 0.648 bits per heavy atom. The molecule has 8 heterocycles. The molecule has 128 heavy (non-hydrogen) atoms. The van der Waals surface area contributed by atoms with Crippen LogP contribution in [0.15, 0.2) is 103 Å². The normalized spacial score (nSPS) is 29.3. The summed E-state index contributed by atoms with van der Waals surface area (Å²) in [6.45, 7) is 11.8. The molecule has 11 bridgehead atoms. The average Bonchev–Trinajstić information content (AvgIpc) is 0.771. The lowest BCUT2D eigenvalue weighted by molar-refractivity contribution is -0.334. The molecule has 39 heteroatoms. The van der Waals surface area contributed by atoms with Crippen LogP contribution in [0, 0.1) is 5.92 Å². The van der Waals surface area contributed by atoms with E-state index in [1.807, 2.05) is 38.1 Å². The number of hydrogen-bond donors (Lipinski definition) is 20. The van der Waals surface area contributed by atoms with Gasteiger partial charge in [0.2, 0.25) is 53.4 Å². The first-order chi connectivity index (χ1) is 60.8. The van der Waals surface area contributed by atoms with E-state index in [2.05, 4.69) is 49.5 Å². The van der Waals surface area contributed by atoms with Crippen molar-refractivity contribution in [2.45, 2.75) is 259 Å². The molecule has 6 aromatic rings. The number of aliphatic hydroxyl groups is 6. The van der Waals surface area contributed by atoms with Crippen molar-refractivity contribution in [1.82, 2.24) is 42.5 Å². The van der Waals surface area contributed by atoms with Crippen LogP contribution >= 0.6 is 23.2 Å². The number of carbonyl (C=O) groups is 8. The van der Waals surface area contributed by atoms with Crippen LogP contribution in [0.2, 0.25) is 10.0 Å². The van der Waals surface area contributed by atoms with E-state index in [1.54, 1.807) is 13.8 Å². The standard InChI is InChI=1S/C89H112Cl2N10O27/c1-9-10-11-12-13-14-15-26-120-49-21-16-43(17-22-49)38-95-89(7)37-65(122-42(5)79(89)111)127-77-74(109)73(108)62(39-102)125-87(77)128-76-60-31-47-32-61(76)124-59-25-20-46(30-53(59)91)75(126-64-36-88(6,93)78(110)41(4)121-64)71-85(117)99-69(86(118)119)51-33-48(103)34-57(105)66(51)50-28-44(18-23-56(50)104)67(82(114)101-71)98-83(115)68(47)97-81(113)55(35-63(92)106)96-84(116)70(100-80(112)54(94-8)27-40(2)3)72(107)45-19-24-58(123-60)52(90)29-45/h16-25,28-34,40-42,54-55,62,64-65,67-75,77-79,87,94-95,102-105,107-111H,9-15,26-27,35-39,93H2,1-8H3,(H2,92,106)(H,96,116)(H,97,113)(H,98,115)(H,99,117)(H,100,112)(H,101,114)(H,118,119)/t41-,42-,54+,55-,62+,64-,65-,67+,68+,69?,70+,71-,72+,73+,74-,75+,77+,78-,79-,87-,88-,89-/m0/s1. The summed E-state index contributed by atoms with van der Waals surface area (Å²) in [6.07, 6.45) is -15.0. The quantitative estimate of drug-likeness (QED) is 0.0291. The van der Waals surface area contributed by atoms with Crippen LogP contribution in [0.1, 0.15) is 183 Å². The summed E-state index contributed by atoms with van der Waals surface area (Å²) < 4.78 is 59.1. The summed E-state index contributed by atoms with van der Waals surface area (Å²) in [5, 5.41) is 138. The van der Waals surface area contributed by atoms with Gasteiger partial charge < -0.3 is 148 Å². The van der Waals surface area contributed by atoms with Gasteiger partial charge in [-0.25, -0.2) is 4.79 Å². The molecule has 0 aromatic heterocycles. The van der Waals surface area contributed by atoms with E-state index >= 15 is 24.0 Å². The second kappa shape index (κ2) is 41.6. The Labute approximate surface area is 747 Å². The van der Waals surface area contributed by atoms with Crippen LogP contribution < -0.4 is 72.9 Å². The summed E-state index contributed by atoms with van der Waals surface area (Å²) in [7, 11) is 1.48. The minimum atomic E-state index is -2.39. The van der Waals surface area contributed by atoms with Crippen LogP contribution in [0.5, 0.6) is 51.7 Å². The Morgan fingerprint density at radius 3 is 1.88 bits per heavy atom. The van der Waals surface area contributed by atoms with Crippen molar-refractivity contribution in [1.29, 1.82) is 0 Å². The van der Waals surface area contributed by atoms with Gasteiger partial charge in [0.25, 0.3) is 0 Å². The topological polar surface area (TPSA) is 570 Å². The van der Waals surface area contributed by atoms with Crippen molar-refractivity contribution in [2.24, 2.45) is 17.4 Å². The fourth-order valence-electron chi connectivity index (χ4n) is 16.7. The number of hydrogen-bond acceptors (Lipinski definition) is 29. The van der Waals surface area contributed by atoms with Crippen molar-refractivity contribution in [3.05, 3.63) is 147 Å². The number of aromatic hydroxyl groups is 3. The second-order valence-corrected chi connectivity index (χ2v) is 34.9. The number of primary amides is 1. The summed E-state index contributed by atoms with van der Waals surface area (Å²) in [6, 6.07) is 7.12. The highest BCUT2D eigenvalue weighted by Gasteiger charge is 2.53. The van der Waals surface area contributed by atoms with Gasteiger partial charge in [0.1, 0.15) is 95.2 Å². The van der Waals surface area contributed by atoms with Gasteiger partial charge in [0.15, 0.2) is 36.2 Å². The van der Waals surface area contributed by atoms with Crippen molar-refractivity contribution in [2.75, 3.05) is 20.3 Å². The van der Waals surface area contributed by atoms with Gasteiger partial charge in [-0.2, -0.15) is 0 Å². The minimum absolute atomic E-state index is 0.117. The third-order valence-corrected chi connectivity index (χ3v) is 24.3. The Kier molecular flexibility index (Phi) is 31.5. The zero-order valence-corrected chi connectivity index (χ0v) is 73.2.